The Morgan fingerprint density at radius 3 is 2.61 bits per heavy atom. The highest BCUT2D eigenvalue weighted by Gasteiger charge is 2.45. The number of aryl methyl sites for hydroxylation is 2. The minimum atomic E-state index is -2.57. The van der Waals surface area contributed by atoms with Gasteiger partial charge in [-0.1, -0.05) is 0 Å². The molecule has 2 heterocycles. The van der Waals surface area contributed by atoms with E-state index in [-0.39, 0.29) is 18.9 Å². The first kappa shape index (κ1) is 15.8. The second kappa shape index (κ2) is 5.84. The molecule has 0 radical (unpaired) electrons. The zero-order valence-corrected chi connectivity index (χ0v) is 13.3. The summed E-state index contributed by atoms with van der Waals surface area (Å²) >= 11 is 0. The summed E-state index contributed by atoms with van der Waals surface area (Å²) in [5, 5.41) is 7.40. The molecule has 2 aromatic rings. The molecule has 2 aromatic heterocycles. The van der Waals surface area contributed by atoms with Gasteiger partial charge >= 0.3 is 0 Å². The molecule has 1 saturated carbocycles. The van der Waals surface area contributed by atoms with Gasteiger partial charge in [-0.25, -0.2) is 18.4 Å². The SMILES string of the molecule is COCc1cc(NC2CC(F)(F)C2)nc(-n2nc(C)cc2C)n1. The molecule has 0 aliphatic heterocycles. The summed E-state index contributed by atoms with van der Waals surface area (Å²) in [5.41, 5.74) is 2.42. The third-order valence-corrected chi connectivity index (χ3v) is 3.70. The van der Waals surface area contributed by atoms with Gasteiger partial charge in [-0.15, -0.1) is 0 Å². The number of nitrogens with one attached hydrogen (secondary N) is 1. The van der Waals surface area contributed by atoms with Crippen LogP contribution in [0.25, 0.3) is 5.95 Å². The quantitative estimate of drug-likeness (QED) is 0.916. The van der Waals surface area contributed by atoms with E-state index in [1.807, 2.05) is 19.9 Å². The van der Waals surface area contributed by atoms with Crippen molar-refractivity contribution in [1.29, 1.82) is 0 Å². The number of hydrogen-bond donors (Lipinski definition) is 1. The van der Waals surface area contributed by atoms with Gasteiger partial charge in [-0.3, -0.25) is 0 Å². The van der Waals surface area contributed by atoms with Crippen molar-refractivity contribution in [2.45, 2.75) is 45.3 Å². The highest BCUT2D eigenvalue weighted by atomic mass is 19.3. The van der Waals surface area contributed by atoms with Crippen molar-refractivity contribution >= 4 is 5.82 Å². The van der Waals surface area contributed by atoms with Crippen molar-refractivity contribution in [3.8, 4) is 5.95 Å². The lowest BCUT2D eigenvalue weighted by Gasteiger charge is -2.35. The molecule has 1 aliphatic rings. The Kier molecular flexibility index (Phi) is 4.01. The van der Waals surface area contributed by atoms with Gasteiger partial charge in [0.25, 0.3) is 11.9 Å². The molecule has 1 N–H and O–H groups in total. The van der Waals surface area contributed by atoms with Crippen LogP contribution in [0.4, 0.5) is 14.6 Å². The average Bonchev–Trinajstić information content (AvgIpc) is 2.76. The van der Waals surface area contributed by atoms with Gasteiger partial charge in [0.2, 0.25) is 0 Å². The average molecular weight is 323 g/mol. The molecule has 6 nitrogen and oxygen atoms in total. The Hall–Kier alpha value is -2.09. The van der Waals surface area contributed by atoms with E-state index in [9.17, 15) is 8.78 Å². The number of hydrogen-bond acceptors (Lipinski definition) is 5. The van der Waals surface area contributed by atoms with E-state index in [1.54, 1.807) is 17.9 Å². The highest BCUT2D eigenvalue weighted by molar-refractivity contribution is 5.41. The van der Waals surface area contributed by atoms with Crippen molar-refractivity contribution in [3.05, 3.63) is 29.2 Å². The standard InChI is InChI=1S/C15H19F2N5O/c1-9-4-10(2)22(21-9)14-19-11(8-23-3)5-13(20-14)18-12-6-15(16,17)7-12/h4-5,12H,6-8H2,1-3H3,(H,18,19,20). The third-order valence-electron chi connectivity index (χ3n) is 3.70. The molecule has 1 fully saturated rings. The van der Waals surface area contributed by atoms with E-state index in [4.69, 9.17) is 4.74 Å². The summed E-state index contributed by atoms with van der Waals surface area (Å²) in [6.45, 7) is 4.11. The Morgan fingerprint density at radius 2 is 2.04 bits per heavy atom. The summed E-state index contributed by atoms with van der Waals surface area (Å²) < 4.78 is 32.7. The van der Waals surface area contributed by atoms with Crippen LogP contribution < -0.4 is 5.32 Å². The molecule has 3 rings (SSSR count). The Bertz CT molecular complexity index is 708. The molecular weight excluding hydrogens is 304 g/mol. The summed E-state index contributed by atoms with van der Waals surface area (Å²) in [6.07, 6.45) is -0.349. The molecule has 8 heteroatoms. The Morgan fingerprint density at radius 1 is 1.30 bits per heavy atom. The van der Waals surface area contributed by atoms with Crippen molar-refractivity contribution in [2.75, 3.05) is 12.4 Å². The maximum Gasteiger partial charge on any atom is 0.253 e. The minimum absolute atomic E-state index is 0.175. The predicted molar refractivity (Wildman–Crippen MR) is 80.9 cm³/mol. The molecule has 0 bridgehead atoms. The topological polar surface area (TPSA) is 64.9 Å². The van der Waals surface area contributed by atoms with E-state index in [0.29, 0.717) is 24.1 Å². The van der Waals surface area contributed by atoms with Crippen LogP contribution in [0.3, 0.4) is 0 Å². The van der Waals surface area contributed by atoms with Crippen LogP contribution in [0.2, 0.25) is 0 Å². The fraction of sp³-hybridized carbons (Fsp3) is 0.533. The number of anilines is 1. The minimum Gasteiger partial charge on any atom is -0.378 e. The lowest BCUT2D eigenvalue weighted by molar-refractivity contribution is -0.0794. The fourth-order valence-corrected chi connectivity index (χ4v) is 2.68. The summed E-state index contributed by atoms with van der Waals surface area (Å²) in [5.74, 6) is -1.66. The van der Waals surface area contributed by atoms with Crippen molar-refractivity contribution in [1.82, 2.24) is 19.7 Å². The van der Waals surface area contributed by atoms with Gasteiger partial charge in [0, 0.05) is 37.8 Å². The van der Waals surface area contributed by atoms with E-state index in [2.05, 4.69) is 20.4 Å². The molecule has 0 unspecified atom stereocenters. The maximum absolute atomic E-state index is 13.0. The highest BCUT2D eigenvalue weighted by Crippen LogP contribution is 2.38. The summed E-state index contributed by atoms with van der Waals surface area (Å²) in [4.78, 5) is 8.83. The first-order valence-electron chi connectivity index (χ1n) is 7.41. The number of methoxy groups -OCH3 is 1. The third kappa shape index (κ3) is 3.47. The maximum atomic E-state index is 13.0. The van der Waals surface area contributed by atoms with Crippen LogP contribution in [0.1, 0.15) is 29.9 Å². The van der Waals surface area contributed by atoms with Gasteiger partial charge in [0.1, 0.15) is 5.82 Å². The predicted octanol–water partition coefficient (Wildman–Crippen LogP) is 2.64. The lowest BCUT2D eigenvalue weighted by atomic mass is 9.88. The summed E-state index contributed by atoms with van der Waals surface area (Å²) in [7, 11) is 1.57. The van der Waals surface area contributed by atoms with E-state index >= 15 is 0 Å². The van der Waals surface area contributed by atoms with Crippen molar-refractivity contribution in [2.24, 2.45) is 0 Å². The van der Waals surface area contributed by atoms with Gasteiger partial charge in [0.05, 0.1) is 18.0 Å². The van der Waals surface area contributed by atoms with Crippen molar-refractivity contribution in [3.63, 3.8) is 0 Å². The van der Waals surface area contributed by atoms with Crippen LogP contribution in [0.5, 0.6) is 0 Å². The van der Waals surface area contributed by atoms with E-state index in [1.165, 1.54) is 0 Å². The van der Waals surface area contributed by atoms with Crippen LogP contribution in [0, 0.1) is 13.8 Å². The van der Waals surface area contributed by atoms with Gasteiger partial charge in [-0.2, -0.15) is 10.1 Å². The van der Waals surface area contributed by atoms with Crippen LogP contribution in [0.15, 0.2) is 12.1 Å². The molecule has 0 atom stereocenters. The number of rotatable bonds is 5. The largest absolute Gasteiger partial charge is 0.378 e. The molecule has 0 saturated heterocycles. The number of halogens is 2. The van der Waals surface area contributed by atoms with Crippen LogP contribution >= 0.6 is 0 Å². The first-order chi connectivity index (χ1) is 10.9. The van der Waals surface area contributed by atoms with Crippen molar-refractivity contribution < 1.29 is 13.5 Å². The molecule has 124 valence electrons. The molecule has 1 aliphatic carbocycles. The van der Waals surface area contributed by atoms with E-state index in [0.717, 1.165) is 11.4 Å². The smallest absolute Gasteiger partial charge is 0.253 e. The number of ether oxygens (including phenoxy) is 1. The Balaban J connectivity index is 1.89. The first-order valence-corrected chi connectivity index (χ1v) is 7.41. The molecule has 0 spiro atoms. The van der Waals surface area contributed by atoms with Crippen LogP contribution in [-0.2, 0) is 11.3 Å². The Labute approximate surface area is 132 Å². The molecule has 23 heavy (non-hydrogen) atoms. The number of nitrogens with zero attached hydrogens (tertiary/aromatic N) is 4. The second-order valence-corrected chi connectivity index (χ2v) is 5.92. The molecular formula is C15H19F2N5O. The number of aromatic nitrogens is 4. The van der Waals surface area contributed by atoms with Gasteiger partial charge in [-0.05, 0) is 19.9 Å². The zero-order valence-electron chi connectivity index (χ0n) is 13.3. The lowest BCUT2D eigenvalue weighted by Crippen LogP contribution is -2.44. The molecule has 0 aromatic carbocycles. The van der Waals surface area contributed by atoms with E-state index < -0.39 is 5.92 Å². The number of alkyl halides is 2. The second-order valence-electron chi connectivity index (χ2n) is 5.92. The van der Waals surface area contributed by atoms with Gasteiger partial charge in [0.15, 0.2) is 0 Å². The summed E-state index contributed by atoms with van der Waals surface area (Å²) in [6, 6.07) is 3.37. The van der Waals surface area contributed by atoms with Gasteiger partial charge < -0.3 is 10.1 Å². The zero-order chi connectivity index (χ0) is 16.6. The molecule has 0 amide bonds. The normalized spacial score (nSPS) is 17.1. The van der Waals surface area contributed by atoms with Crippen LogP contribution in [-0.4, -0.2) is 38.8 Å². The fourth-order valence-electron chi connectivity index (χ4n) is 2.68. The monoisotopic (exact) mass is 323 g/mol.